The molecule has 0 bridgehead atoms. The highest BCUT2D eigenvalue weighted by Gasteiger charge is 2.02. The van der Waals surface area contributed by atoms with E-state index in [9.17, 15) is 0 Å². The summed E-state index contributed by atoms with van der Waals surface area (Å²) >= 11 is 0. The van der Waals surface area contributed by atoms with E-state index in [4.69, 9.17) is 0 Å². The van der Waals surface area contributed by atoms with E-state index in [1.54, 1.807) is 0 Å². The third-order valence-corrected chi connectivity index (χ3v) is 2.26. The Bertz CT molecular complexity index is 398. The van der Waals surface area contributed by atoms with Gasteiger partial charge >= 0.3 is 0 Å². The quantitative estimate of drug-likeness (QED) is 0.644. The van der Waals surface area contributed by atoms with Crippen LogP contribution in [0, 0.1) is 0 Å². The summed E-state index contributed by atoms with van der Waals surface area (Å²) in [6.07, 6.45) is 11.7. The zero-order valence-corrected chi connectivity index (χ0v) is 8.62. The molecule has 0 aliphatic carbocycles. The van der Waals surface area contributed by atoms with Crippen LogP contribution in [0.1, 0.15) is 12.5 Å². The summed E-state index contributed by atoms with van der Waals surface area (Å²) in [6.45, 7) is 2.81. The number of aromatic amines is 1. The van der Waals surface area contributed by atoms with Crippen molar-refractivity contribution in [2.45, 2.75) is 6.92 Å². The highest BCUT2D eigenvalue weighted by atomic mass is 15.1. The minimum atomic E-state index is 0.735. The normalized spacial score (nSPS) is 25.4. The van der Waals surface area contributed by atoms with E-state index >= 15 is 0 Å². The van der Waals surface area contributed by atoms with Crippen molar-refractivity contribution in [2.24, 2.45) is 0 Å². The van der Waals surface area contributed by atoms with E-state index in [2.05, 4.69) is 39.9 Å². The molecule has 2 heterocycles. The molecule has 1 aromatic rings. The van der Waals surface area contributed by atoms with E-state index in [1.807, 2.05) is 24.8 Å². The van der Waals surface area contributed by atoms with Crippen LogP contribution in [0.2, 0.25) is 0 Å². The molecule has 15 heavy (non-hydrogen) atoms. The topological polar surface area (TPSA) is 52.7 Å². The van der Waals surface area contributed by atoms with Crippen molar-refractivity contribution < 1.29 is 0 Å². The van der Waals surface area contributed by atoms with Crippen molar-refractivity contribution in [2.75, 3.05) is 6.67 Å². The first-order valence-electron chi connectivity index (χ1n) is 4.88. The molecule has 0 saturated heterocycles. The summed E-state index contributed by atoms with van der Waals surface area (Å²) < 4.78 is 0. The maximum absolute atomic E-state index is 3.96. The molecule has 4 heteroatoms. The van der Waals surface area contributed by atoms with Crippen LogP contribution in [0.4, 0.5) is 0 Å². The number of hydrogen-bond acceptors (Lipinski definition) is 3. The molecule has 3 N–H and O–H groups in total. The average molecular weight is 202 g/mol. The summed E-state index contributed by atoms with van der Waals surface area (Å²) in [4.78, 5) is 0. The Hall–Kier alpha value is -1.97. The van der Waals surface area contributed by atoms with Gasteiger partial charge < -0.3 is 10.6 Å². The third kappa shape index (κ3) is 2.28. The predicted octanol–water partition coefficient (Wildman–Crippen LogP) is 1.36. The molecule has 0 radical (unpaired) electrons. The van der Waals surface area contributed by atoms with Crippen molar-refractivity contribution in [3.05, 3.63) is 48.1 Å². The minimum Gasteiger partial charge on any atom is -0.374 e. The Morgan fingerprint density at radius 1 is 1.20 bits per heavy atom. The Balaban J connectivity index is 2.39. The van der Waals surface area contributed by atoms with Gasteiger partial charge in [0.1, 0.15) is 0 Å². The van der Waals surface area contributed by atoms with E-state index < -0.39 is 0 Å². The zero-order valence-electron chi connectivity index (χ0n) is 8.62. The largest absolute Gasteiger partial charge is 0.374 e. The van der Waals surface area contributed by atoms with Crippen molar-refractivity contribution in [3.63, 3.8) is 0 Å². The molecule has 0 spiro atoms. The Morgan fingerprint density at radius 3 is 2.73 bits per heavy atom. The minimum absolute atomic E-state index is 0.735. The molecule has 0 aromatic carbocycles. The predicted molar refractivity (Wildman–Crippen MR) is 60.6 cm³/mol. The van der Waals surface area contributed by atoms with E-state index in [0.717, 1.165) is 17.8 Å². The highest BCUT2D eigenvalue weighted by molar-refractivity contribution is 5.77. The zero-order chi connectivity index (χ0) is 10.5. The number of hydrogen-bond donors (Lipinski definition) is 3. The molecule has 0 amide bonds. The van der Waals surface area contributed by atoms with Crippen LogP contribution >= 0.6 is 0 Å². The van der Waals surface area contributed by atoms with Crippen LogP contribution in [-0.2, 0) is 0 Å². The molecule has 0 unspecified atom stereocenters. The first-order chi connectivity index (χ1) is 7.38. The number of aromatic nitrogens is 2. The Labute approximate surface area is 88.8 Å². The van der Waals surface area contributed by atoms with Crippen LogP contribution < -0.4 is 10.6 Å². The molecular weight excluding hydrogens is 188 g/mol. The van der Waals surface area contributed by atoms with Gasteiger partial charge in [-0.15, -0.1) is 0 Å². The number of nitrogens with zero attached hydrogens (tertiary/aromatic N) is 1. The molecule has 0 atom stereocenters. The second kappa shape index (κ2) is 4.50. The number of rotatable bonds is 1. The van der Waals surface area contributed by atoms with Gasteiger partial charge in [-0.2, -0.15) is 5.10 Å². The molecule has 1 aliphatic rings. The van der Waals surface area contributed by atoms with E-state index in [1.165, 1.54) is 5.57 Å². The lowest BCUT2D eigenvalue weighted by Gasteiger charge is -2.01. The molecule has 0 fully saturated rings. The lowest BCUT2D eigenvalue weighted by atomic mass is 10.0. The fourth-order valence-corrected chi connectivity index (χ4v) is 1.45. The monoisotopic (exact) mass is 202 g/mol. The van der Waals surface area contributed by atoms with Gasteiger partial charge in [0, 0.05) is 11.8 Å². The van der Waals surface area contributed by atoms with Crippen LogP contribution in [0.25, 0.3) is 5.57 Å². The molecule has 0 saturated carbocycles. The molecule has 78 valence electrons. The van der Waals surface area contributed by atoms with Crippen molar-refractivity contribution in [1.29, 1.82) is 0 Å². The number of allylic oxidation sites excluding steroid dienone is 4. The van der Waals surface area contributed by atoms with Crippen LogP contribution in [0.3, 0.4) is 0 Å². The van der Waals surface area contributed by atoms with Crippen molar-refractivity contribution in [3.8, 4) is 0 Å². The van der Waals surface area contributed by atoms with Gasteiger partial charge in [-0.3, -0.25) is 5.10 Å². The SMILES string of the molecule is CC1=C(c2cn[nH]c2)\C=C/NCN/C=C\1. The van der Waals surface area contributed by atoms with Crippen molar-refractivity contribution >= 4 is 5.57 Å². The van der Waals surface area contributed by atoms with Gasteiger partial charge in [-0.1, -0.05) is 0 Å². The highest BCUT2D eigenvalue weighted by Crippen LogP contribution is 2.19. The Morgan fingerprint density at radius 2 is 2.00 bits per heavy atom. The van der Waals surface area contributed by atoms with Gasteiger partial charge in [0.2, 0.25) is 0 Å². The van der Waals surface area contributed by atoms with Crippen molar-refractivity contribution in [1.82, 2.24) is 20.8 Å². The number of nitrogens with one attached hydrogen (secondary N) is 3. The fraction of sp³-hybridized carbons (Fsp3) is 0.182. The second-order valence-corrected chi connectivity index (χ2v) is 3.34. The smallest absolute Gasteiger partial charge is 0.0840 e. The van der Waals surface area contributed by atoms with Gasteiger partial charge in [-0.25, -0.2) is 0 Å². The summed E-state index contributed by atoms with van der Waals surface area (Å²) in [5.74, 6) is 0. The molecule has 1 aromatic heterocycles. The standard InChI is InChI=1S/C11H14N4/c1-9-2-4-12-8-13-5-3-11(9)10-6-14-15-7-10/h2-7,12-13H,8H2,1H3,(H,14,15)/b4-2-,5-3-,11-9-. The summed E-state index contributed by atoms with van der Waals surface area (Å²) in [5, 5.41) is 13.0. The maximum atomic E-state index is 3.96. The van der Waals surface area contributed by atoms with Crippen LogP contribution in [-0.4, -0.2) is 16.9 Å². The lowest BCUT2D eigenvalue weighted by molar-refractivity contribution is 0.771. The summed E-state index contributed by atoms with van der Waals surface area (Å²) in [5.41, 5.74) is 3.46. The molecule has 1 aliphatic heterocycles. The van der Waals surface area contributed by atoms with E-state index in [-0.39, 0.29) is 0 Å². The average Bonchev–Trinajstić information content (AvgIpc) is 2.75. The van der Waals surface area contributed by atoms with Gasteiger partial charge in [0.15, 0.2) is 0 Å². The Kier molecular flexibility index (Phi) is 2.88. The van der Waals surface area contributed by atoms with Crippen LogP contribution in [0.5, 0.6) is 0 Å². The maximum Gasteiger partial charge on any atom is 0.0840 e. The second-order valence-electron chi connectivity index (χ2n) is 3.34. The van der Waals surface area contributed by atoms with Gasteiger partial charge in [0.05, 0.1) is 12.9 Å². The first kappa shape index (κ1) is 9.58. The molecule has 2 rings (SSSR count). The summed E-state index contributed by atoms with van der Waals surface area (Å²) in [6, 6.07) is 0. The van der Waals surface area contributed by atoms with Gasteiger partial charge in [0.25, 0.3) is 0 Å². The van der Waals surface area contributed by atoms with Crippen LogP contribution in [0.15, 0.2) is 42.5 Å². The molecular formula is C11H14N4. The molecule has 4 nitrogen and oxygen atoms in total. The number of H-pyrrole nitrogens is 1. The third-order valence-electron chi connectivity index (χ3n) is 2.26. The first-order valence-corrected chi connectivity index (χ1v) is 4.88. The van der Waals surface area contributed by atoms with Gasteiger partial charge in [-0.05, 0) is 42.6 Å². The lowest BCUT2D eigenvalue weighted by Crippen LogP contribution is -2.19. The fourth-order valence-electron chi connectivity index (χ4n) is 1.45. The summed E-state index contributed by atoms with van der Waals surface area (Å²) in [7, 11) is 0. The van der Waals surface area contributed by atoms with E-state index in [0.29, 0.717) is 0 Å².